The van der Waals surface area contributed by atoms with E-state index in [0.717, 1.165) is 60.0 Å². The Balaban J connectivity index is 1.24. The molecule has 0 saturated carbocycles. The number of aryl methyl sites for hydroxylation is 1. The Kier molecular flexibility index (Phi) is 7.39. The van der Waals surface area contributed by atoms with Crippen molar-refractivity contribution in [2.75, 3.05) is 25.5 Å². The van der Waals surface area contributed by atoms with Crippen molar-refractivity contribution in [3.05, 3.63) is 94.2 Å². The van der Waals surface area contributed by atoms with Crippen LogP contribution < -0.4 is 10.1 Å². The number of amides is 1. The van der Waals surface area contributed by atoms with Crippen LogP contribution in [0.4, 0.5) is 5.69 Å². The Hall–Kier alpha value is -3.55. The molecule has 7 heteroatoms. The summed E-state index contributed by atoms with van der Waals surface area (Å²) in [5.74, 6) is 0.873. The summed E-state index contributed by atoms with van der Waals surface area (Å²) in [5, 5.41) is 5.98. The van der Waals surface area contributed by atoms with Crippen molar-refractivity contribution in [2.24, 2.45) is 0 Å². The van der Waals surface area contributed by atoms with Crippen LogP contribution in [-0.4, -0.2) is 41.0 Å². The number of pyridine rings is 1. The predicted molar refractivity (Wildman–Crippen MR) is 145 cm³/mol. The van der Waals surface area contributed by atoms with Gasteiger partial charge in [0, 0.05) is 35.2 Å². The zero-order valence-electron chi connectivity index (χ0n) is 20.6. The summed E-state index contributed by atoms with van der Waals surface area (Å²) in [6, 6.07) is 21.9. The molecular weight excluding hydrogens is 468 g/mol. The number of nitrogens with one attached hydrogen (secondary N) is 1. The molecule has 1 saturated heterocycles. The number of ether oxygens (including phenoxy) is 1. The van der Waals surface area contributed by atoms with Crippen LogP contribution in [-0.2, 0) is 6.54 Å². The Morgan fingerprint density at radius 1 is 1.06 bits per heavy atom. The van der Waals surface area contributed by atoms with Gasteiger partial charge in [-0.3, -0.25) is 14.7 Å². The van der Waals surface area contributed by atoms with Crippen LogP contribution in [0.1, 0.15) is 45.6 Å². The Morgan fingerprint density at radius 3 is 2.61 bits per heavy atom. The maximum Gasteiger partial charge on any atom is 0.275 e. The van der Waals surface area contributed by atoms with Gasteiger partial charge in [0.2, 0.25) is 0 Å². The van der Waals surface area contributed by atoms with E-state index in [-0.39, 0.29) is 5.91 Å². The number of hydrogen-bond acceptors (Lipinski definition) is 6. The van der Waals surface area contributed by atoms with Crippen LogP contribution in [0, 0.1) is 6.92 Å². The van der Waals surface area contributed by atoms with E-state index in [1.165, 1.54) is 0 Å². The molecule has 0 atom stereocenters. The molecular formula is C29H30N4O2S. The van der Waals surface area contributed by atoms with Crippen molar-refractivity contribution in [1.82, 2.24) is 14.9 Å². The van der Waals surface area contributed by atoms with Gasteiger partial charge in [0.15, 0.2) is 0 Å². The highest BCUT2D eigenvalue weighted by Gasteiger charge is 2.24. The van der Waals surface area contributed by atoms with Crippen molar-refractivity contribution < 1.29 is 9.53 Å². The van der Waals surface area contributed by atoms with Crippen molar-refractivity contribution in [2.45, 2.75) is 32.2 Å². The monoisotopic (exact) mass is 498 g/mol. The second kappa shape index (κ2) is 11.0. The molecule has 36 heavy (non-hydrogen) atoms. The first kappa shape index (κ1) is 24.2. The molecule has 1 aliphatic heterocycles. The number of rotatable bonds is 7. The molecule has 0 bridgehead atoms. The van der Waals surface area contributed by atoms with Gasteiger partial charge in [-0.25, -0.2) is 4.98 Å². The van der Waals surface area contributed by atoms with Crippen LogP contribution in [0.2, 0.25) is 0 Å². The minimum Gasteiger partial charge on any atom is -0.497 e. The number of piperidine rings is 1. The van der Waals surface area contributed by atoms with Gasteiger partial charge in [-0.15, -0.1) is 11.3 Å². The quantitative estimate of drug-likeness (QED) is 0.331. The molecule has 5 rings (SSSR count). The van der Waals surface area contributed by atoms with E-state index in [1.54, 1.807) is 18.4 Å². The van der Waals surface area contributed by atoms with Crippen LogP contribution in [0.3, 0.4) is 0 Å². The highest BCUT2D eigenvalue weighted by Crippen LogP contribution is 2.33. The molecule has 0 unspecified atom stereocenters. The number of carbonyl (C=O) groups excluding carboxylic acids is 1. The minimum atomic E-state index is -0.203. The molecule has 1 fully saturated rings. The fraction of sp³-hybridized carbons (Fsp3) is 0.276. The lowest BCUT2D eigenvalue weighted by Gasteiger charge is -2.30. The third-order valence-corrected chi connectivity index (χ3v) is 7.59. The molecule has 2 aromatic carbocycles. The van der Waals surface area contributed by atoms with Crippen molar-refractivity contribution in [1.29, 1.82) is 0 Å². The Bertz CT molecular complexity index is 1330. The second-order valence-corrected chi connectivity index (χ2v) is 10.0. The van der Waals surface area contributed by atoms with Crippen molar-refractivity contribution in [3.63, 3.8) is 0 Å². The molecule has 0 radical (unpaired) electrons. The highest BCUT2D eigenvalue weighted by molar-refractivity contribution is 7.10. The van der Waals surface area contributed by atoms with Gasteiger partial charge in [0.1, 0.15) is 11.4 Å². The van der Waals surface area contributed by atoms with Gasteiger partial charge in [0.25, 0.3) is 5.91 Å². The Labute approximate surface area is 216 Å². The lowest BCUT2D eigenvalue weighted by Crippen LogP contribution is -2.32. The first-order valence-electron chi connectivity index (χ1n) is 12.2. The topological polar surface area (TPSA) is 67.3 Å². The number of benzene rings is 2. The van der Waals surface area contributed by atoms with E-state index in [4.69, 9.17) is 9.72 Å². The number of thiazole rings is 1. The summed E-state index contributed by atoms with van der Waals surface area (Å²) in [6.07, 6.45) is 2.07. The molecule has 1 aliphatic rings. The zero-order chi connectivity index (χ0) is 24.9. The number of likely N-dealkylation sites (tertiary alicyclic amines) is 1. The lowest BCUT2D eigenvalue weighted by molar-refractivity contribution is 0.102. The third-order valence-electron chi connectivity index (χ3n) is 6.58. The van der Waals surface area contributed by atoms with Crippen LogP contribution in [0.5, 0.6) is 5.75 Å². The largest absolute Gasteiger partial charge is 0.497 e. The Morgan fingerprint density at radius 2 is 1.86 bits per heavy atom. The van der Waals surface area contributed by atoms with Crippen LogP contribution >= 0.6 is 11.3 Å². The molecule has 6 nitrogen and oxygen atoms in total. The van der Waals surface area contributed by atoms with Gasteiger partial charge in [0.05, 0.1) is 23.5 Å². The fourth-order valence-electron chi connectivity index (χ4n) is 4.64. The summed E-state index contributed by atoms with van der Waals surface area (Å²) in [4.78, 5) is 25.0. The molecule has 4 aromatic rings. The summed E-state index contributed by atoms with van der Waals surface area (Å²) >= 11 is 1.58. The maximum absolute atomic E-state index is 13.2. The van der Waals surface area contributed by atoms with Crippen molar-refractivity contribution >= 4 is 22.9 Å². The van der Waals surface area contributed by atoms with E-state index >= 15 is 0 Å². The van der Waals surface area contributed by atoms with Gasteiger partial charge >= 0.3 is 0 Å². The van der Waals surface area contributed by atoms with Gasteiger partial charge < -0.3 is 10.1 Å². The first-order chi connectivity index (χ1) is 17.6. The van der Waals surface area contributed by atoms with Crippen molar-refractivity contribution in [3.8, 4) is 16.9 Å². The van der Waals surface area contributed by atoms with E-state index in [0.29, 0.717) is 23.0 Å². The zero-order valence-corrected chi connectivity index (χ0v) is 21.4. The smallest absolute Gasteiger partial charge is 0.275 e. The molecule has 2 aromatic heterocycles. The second-order valence-electron chi connectivity index (χ2n) is 9.12. The predicted octanol–water partition coefficient (Wildman–Crippen LogP) is 6.15. The normalized spacial score (nSPS) is 14.5. The number of hydrogen-bond donors (Lipinski definition) is 1. The molecule has 1 N–H and O–H groups in total. The highest BCUT2D eigenvalue weighted by atomic mass is 32.1. The summed E-state index contributed by atoms with van der Waals surface area (Å²) in [6.45, 7) is 4.92. The molecule has 1 amide bonds. The SMILES string of the molecule is COc1ccc(-c2ccccc2)c(NC(=O)c2csc(C3CCN(Cc4cccc(C)n4)CC3)n2)c1. The summed E-state index contributed by atoms with van der Waals surface area (Å²) in [5.41, 5.74) is 5.31. The summed E-state index contributed by atoms with van der Waals surface area (Å²) < 4.78 is 5.40. The number of aromatic nitrogens is 2. The average molecular weight is 499 g/mol. The standard InChI is InChI=1S/C29H30N4O2S/c1-20-7-6-10-23(30-20)18-33-15-13-22(14-16-33)29-32-27(19-36-29)28(34)31-26-17-24(35-2)11-12-25(26)21-8-4-3-5-9-21/h3-12,17,19,22H,13-16,18H2,1-2H3,(H,31,34). The van der Waals surface area contributed by atoms with Gasteiger partial charge in [-0.1, -0.05) is 36.4 Å². The summed E-state index contributed by atoms with van der Waals surface area (Å²) in [7, 11) is 1.62. The molecule has 0 spiro atoms. The van der Waals surface area contributed by atoms with E-state index in [2.05, 4.69) is 27.3 Å². The number of anilines is 1. The lowest BCUT2D eigenvalue weighted by atomic mass is 9.97. The van der Waals surface area contributed by atoms with Gasteiger partial charge in [-0.2, -0.15) is 0 Å². The maximum atomic E-state index is 13.2. The van der Waals surface area contributed by atoms with Crippen LogP contribution in [0.15, 0.2) is 72.1 Å². The molecule has 0 aliphatic carbocycles. The number of nitrogens with zero attached hydrogens (tertiary/aromatic N) is 3. The van der Waals surface area contributed by atoms with Gasteiger partial charge in [-0.05, 0) is 62.7 Å². The first-order valence-corrected chi connectivity index (χ1v) is 13.1. The molecule has 3 heterocycles. The average Bonchev–Trinajstić information content (AvgIpc) is 3.40. The minimum absolute atomic E-state index is 0.203. The fourth-order valence-corrected chi connectivity index (χ4v) is 5.61. The number of methoxy groups -OCH3 is 1. The van der Waals surface area contributed by atoms with Crippen LogP contribution in [0.25, 0.3) is 11.1 Å². The van der Waals surface area contributed by atoms with E-state index in [1.807, 2.05) is 66.9 Å². The molecule has 184 valence electrons. The van der Waals surface area contributed by atoms with E-state index < -0.39 is 0 Å². The van der Waals surface area contributed by atoms with E-state index in [9.17, 15) is 4.79 Å². The third kappa shape index (κ3) is 5.64. The number of carbonyl (C=O) groups is 1.